The minimum atomic E-state index is -1.64. The highest BCUT2D eigenvalue weighted by molar-refractivity contribution is 7.87. The van der Waals surface area contributed by atoms with Gasteiger partial charge in [0.1, 0.15) is 4.75 Å². The van der Waals surface area contributed by atoms with Gasteiger partial charge < -0.3 is 9.47 Å². The number of carbonyl (C=O) groups is 1. The smallest absolute Gasteiger partial charge is 0.262 e. The zero-order valence-corrected chi connectivity index (χ0v) is 17.1. The van der Waals surface area contributed by atoms with Gasteiger partial charge in [-0.25, -0.2) is 15.4 Å². The number of ether oxygens (including phenoxy) is 2. The summed E-state index contributed by atoms with van der Waals surface area (Å²) in [4.78, 5) is 21.4. The Kier molecular flexibility index (Phi) is 7.29. The van der Waals surface area contributed by atoms with Crippen LogP contribution in [0.15, 0.2) is 41.6 Å². The van der Waals surface area contributed by atoms with E-state index in [0.717, 1.165) is 18.4 Å². The third-order valence-corrected chi connectivity index (χ3v) is 6.91. The van der Waals surface area contributed by atoms with Gasteiger partial charge in [-0.2, -0.15) is 0 Å². The fourth-order valence-electron chi connectivity index (χ4n) is 3.14. The standard InChI is InChI=1S/C20H25N3O5S/c1-2-3-10-28-18-14-21-17(13-22-18)15-4-6-16(7-5-15)29(26)20(19(24)23-25)8-11-27-12-9-20/h4-7,13-14,25H,2-3,8-12H2,1H3,(H,23,24). The van der Waals surface area contributed by atoms with Crippen LogP contribution in [0.4, 0.5) is 0 Å². The lowest BCUT2D eigenvalue weighted by atomic mass is 9.98. The van der Waals surface area contributed by atoms with Gasteiger partial charge >= 0.3 is 0 Å². The molecule has 1 atom stereocenters. The van der Waals surface area contributed by atoms with Gasteiger partial charge in [-0.3, -0.25) is 14.2 Å². The number of carbonyl (C=O) groups excluding carboxylic acids is 1. The molecule has 1 aromatic heterocycles. The van der Waals surface area contributed by atoms with E-state index in [0.29, 0.717) is 36.3 Å². The number of unbranched alkanes of at least 4 members (excludes halogenated alkanes) is 1. The van der Waals surface area contributed by atoms with Gasteiger partial charge in [-0.1, -0.05) is 25.5 Å². The van der Waals surface area contributed by atoms with Crippen LogP contribution >= 0.6 is 0 Å². The first-order valence-corrected chi connectivity index (χ1v) is 10.7. The Morgan fingerprint density at radius 3 is 2.55 bits per heavy atom. The van der Waals surface area contributed by atoms with E-state index >= 15 is 0 Å². The van der Waals surface area contributed by atoms with Gasteiger partial charge in [-0.05, 0) is 31.4 Å². The van der Waals surface area contributed by atoms with Crippen molar-refractivity contribution in [3.63, 3.8) is 0 Å². The van der Waals surface area contributed by atoms with Gasteiger partial charge in [0.25, 0.3) is 5.91 Å². The number of amides is 1. The van der Waals surface area contributed by atoms with Gasteiger partial charge in [-0.15, -0.1) is 0 Å². The molecule has 1 aliphatic rings. The topological polar surface area (TPSA) is 111 Å². The van der Waals surface area contributed by atoms with Crippen molar-refractivity contribution in [1.29, 1.82) is 0 Å². The molecule has 0 spiro atoms. The fraction of sp³-hybridized carbons (Fsp3) is 0.450. The molecule has 0 radical (unpaired) electrons. The fourth-order valence-corrected chi connectivity index (χ4v) is 4.72. The van der Waals surface area contributed by atoms with Gasteiger partial charge in [0, 0.05) is 23.7 Å². The van der Waals surface area contributed by atoms with Crippen molar-refractivity contribution in [2.24, 2.45) is 0 Å². The summed E-state index contributed by atoms with van der Waals surface area (Å²) in [5.41, 5.74) is 3.15. The zero-order chi connectivity index (χ0) is 20.7. The van der Waals surface area contributed by atoms with Crippen LogP contribution in [0.1, 0.15) is 32.6 Å². The highest BCUT2D eigenvalue weighted by atomic mass is 32.2. The van der Waals surface area contributed by atoms with Crippen molar-refractivity contribution in [3.05, 3.63) is 36.7 Å². The first kappa shape index (κ1) is 21.4. The Hall–Kier alpha value is -2.36. The molecule has 9 heteroatoms. The summed E-state index contributed by atoms with van der Waals surface area (Å²) in [5.74, 6) is -0.163. The van der Waals surface area contributed by atoms with Gasteiger partial charge in [0.05, 0.1) is 35.5 Å². The summed E-state index contributed by atoms with van der Waals surface area (Å²) in [6, 6.07) is 7.00. The average molecular weight is 420 g/mol. The number of hydroxylamine groups is 1. The van der Waals surface area contributed by atoms with E-state index < -0.39 is 21.5 Å². The Bertz CT molecular complexity index is 836. The first-order chi connectivity index (χ1) is 14.1. The predicted molar refractivity (Wildman–Crippen MR) is 107 cm³/mol. The predicted octanol–water partition coefficient (Wildman–Crippen LogP) is 2.48. The third-order valence-electron chi connectivity index (χ3n) is 4.91. The van der Waals surface area contributed by atoms with Crippen LogP contribution in [0.3, 0.4) is 0 Å². The van der Waals surface area contributed by atoms with E-state index in [4.69, 9.17) is 14.7 Å². The number of hydrogen-bond acceptors (Lipinski definition) is 7. The number of benzene rings is 1. The minimum absolute atomic E-state index is 0.277. The van der Waals surface area contributed by atoms with E-state index in [2.05, 4.69) is 16.9 Å². The van der Waals surface area contributed by atoms with Crippen LogP contribution in [0.25, 0.3) is 11.3 Å². The van der Waals surface area contributed by atoms with Crippen LogP contribution in [0.5, 0.6) is 5.88 Å². The van der Waals surface area contributed by atoms with Crippen molar-refractivity contribution in [2.75, 3.05) is 19.8 Å². The van der Waals surface area contributed by atoms with Crippen molar-refractivity contribution >= 4 is 16.7 Å². The first-order valence-electron chi connectivity index (χ1n) is 9.60. The van der Waals surface area contributed by atoms with Crippen molar-refractivity contribution in [1.82, 2.24) is 15.4 Å². The number of nitrogens with one attached hydrogen (secondary N) is 1. The maximum absolute atomic E-state index is 13.2. The molecule has 1 fully saturated rings. The SMILES string of the molecule is CCCCOc1cnc(-c2ccc(S(=O)C3(C(=O)NO)CCOCC3)cc2)cn1. The molecule has 0 saturated carbocycles. The Balaban J connectivity index is 1.75. The van der Waals surface area contributed by atoms with E-state index in [9.17, 15) is 9.00 Å². The molecular weight excluding hydrogens is 394 g/mol. The third kappa shape index (κ3) is 4.80. The van der Waals surface area contributed by atoms with Crippen LogP contribution < -0.4 is 10.2 Å². The Morgan fingerprint density at radius 2 is 1.97 bits per heavy atom. The summed E-state index contributed by atoms with van der Waals surface area (Å²) in [7, 11) is -1.64. The number of nitrogens with zero attached hydrogens (tertiary/aromatic N) is 2. The van der Waals surface area contributed by atoms with Crippen LogP contribution in [0, 0.1) is 0 Å². The van der Waals surface area contributed by atoms with E-state index in [1.54, 1.807) is 42.1 Å². The van der Waals surface area contributed by atoms with Crippen molar-refractivity contribution in [3.8, 4) is 17.1 Å². The molecule has 1 unspecified atom stereocenters. The quantitative estimate of drug-likeness (QED) is 0.384. The van der Waals surface area contributed by atoms with Crippen LogP contribution in [-0.2, 0) is 20.3 Å². The van der Waals surface area contributed by atoms with Crippen molar-refractivity contribution in [2.45, 2.75) is 42.2 Å². The summed E-state index contributed by atoms with van der Waals surface area (Å²) in [5, 5.41) is 9.13. The van der Waals surface area contributed by atoms with E-state index in [1.165, 1.54) is 0 Å². The van der Waals surface area contributed by atoms with Crippen LogP contribution in [0.2, 0.25) is 0 Å². The molecule has 156 valence electrons. The summed E-state index contributed by atoms with van der Waals surface area (Å²) < 4.78 is 22.8. The largest absolute Gasteiger partial charge is 0.477 e. The lowest BCUT2D eigenvalue weighted by molar-refractivity contribution is -0.134. The molecule has 1 aromatic carbocycles. The second-order valence-corrected chi connectivity index (χ2v) is 8.57. The molecular formula is C20H25N3O5S. The molecule has 8 nitrogen and oxygen atoms in total. The second-order valence-electron chi connectivity index (χ2n) is 6.78. The van der Waals surface area contributed by atoms with E-state index in [-0.39, 0.29) is 12.8 Å². The molecule has 2 aromatic rings. The summed E-state index contributed by atoms with van der Waals surface area (Å²) in [6.07, 6.45) is 5.78. The molecule has 1 aliphatic heterocycles. The lowest BCUT2D eigenvalue weighted by Crippen LogP contribution is -2.52. The maximum Gasteiger partial charge on any atom is 0.262 e. The summed E-state index contributed by atoms with van der Waals surface area (Å²) in [6.45, 7) is 3.34. The molecule has 29 heavy (non-hydrogen) atoms. The molecule has 2 heterocycles. The minimum Gasteiger partial charge on any atom is -0.477 e. The zero-order valence-electron chi connectivity index (χ0n) is 16.3. The molecule has 0 aliphatic carbocycles. The van der Waals surface area contributed by atoms with Crippen molar-refractivity contribution < 1.29 is 23.7 Å². The number of rotatable bonds is 8. The van der Waals surface area contributed by atoms with Gasteiger partial charge in [0.15, 0.2) is 0 Å². The Morgan fingerprint density at radius 1 is 1.24 bits per heavy atom. The molecule has 1 saturated heterocycles. The highest BCUT2D eigenvalue weighted by Gasteiger charge is 2.46. The number of aromatic nitrogens is 2. The molecule has 1 amide bonds. The monoisotopic (exact) mass is 419 g/mol. The Labute approximate surface area is 172 Å². The molecule has 2 N–H and O–H groups in total. The van der Waals surface area contributed by atoms with E-state index in [1.807, 2.05) is 0 Å². The molecule has 0 bridgehead atoms. The lowest BCUT2D eigenvalue weighted by Gasteiger charge is -2.33. The highest BCUT2D eigenvalue weighted by Crippen LogP contribution is 2.33. The second kappa shape index (κ2) is 9.91. The maximum atomic E-state index is 13.2. The normalized spacial score (nSPS) is 16.8. The average Bonchev–Trinajstić information content (AvgIpc) is 2.79. The van der Waals surface area contributed by atoms with Gasteiger partial charge in [0.2, 0.25) is 5.88 Å². The summed E-state index contributed by atoms with van der Waals surface area (Å²) >= 11 is 0. The van der Waals surface area contributed by atoms with Crippen LogP contribution in [-0.4, -0.2) is 49.9 Å². The molecule has 3 rings (SSSR count). The number of hydrogen-bond donors (Lipinski definition) is 2.